The highest BCUT2D eigenvalue weighted by Crippen LogP contribution is 2.28. The lowest BCUT2D eigenvalue weighted by Gasteiger charge is -2.05. The van der Waals surface area contributed by atoms with Crippen LogP contribution in [0.3, 0.4) is 0 Å². The number of nitrogens with zero attached hydrogens (tertiary/aromatic N) is 2. The van der Waals surface area contributed by atoms with Gasteiger partial charge in [-0.1, -0.05) is 6.07 Å². The highest BCUT2D eigenvalue weighted by molar-refractivity contribution is 7.13. The summed E-state index contributed by atoms with van der Waals surface area (Å²) in [5, 5.41) is 5.68. The normalized spacial score (nSPS) is 13.9. The van der Waals surface area contributed by atoms with Gasteiger partial charge in [-0.2, -0.15) is 0 Å². The van der Waals surface area contributed by atoms with Crippen molar-refractivity contribution in [1.82, 2.24) is 15.3 Å². The molecule has 122 valence electrons. The van der Waals surface area contributed by atoms with Gasteiger partial charge in [0.15, 0.2) is 0 Å². The molecule has 1 saturated carbocycles. The first kappa shape index (κ1) is 16.1. The molecule has 1 fully saturated rings. The zero-order valence-electron chi connectivity index (χ0n) is 13.0. The van der Waals surface area contributed by atoms with Crippen LogP contribution < -0.4 is 5.32 Å². The second-order valence-electron chi connectivity index (χ2n) is 5.76. The van der Waals surface area contributed by atoms with Crippen LogP contribution in [0.15, 0.2) is 29.8 Å². The highest BCUT2D eigenvalue weighted by Gasteiger charge is 2.20. The zero-order chi connectivity index (χ0) is 15.9. The van der Waals surface area contributed by atoms with Gasteiger partial charge in [0.2, 0.25) is 5.91 Å². The lowest BCUT2D eigenvalue weighted by atomic mass is 10.3. The van der Waals surface area contributed by atoms with E-state index in [1.807, 2.05) is 23.6 Å². The molecule has 0 bridgehead atoms. The molecule has 0 atom stereocenters. The molecule has 0 aromatic carbocycles. The third-order valence-electron chi connectivity index (χ3n) is 3.62. The number of pyridine rings is 1. The van der Waals surface area contributed by atoms with Crippen molar-refractivity contribution in [3.8, 4) is 10.7 Å². The predicted octanol–water partition coefficient (Wildman–Crippen LogP) is 2.68. The number of nitrogens with one attached hydrogen (secondary N) is 1. The molecule has 0 aliphatic heterocycles. The van der Waals surface area contributed by atoms with Crippen molar-refractivity contribution in [2.45, 2.75) is 25.7 Å². The standard InChI is InChI=1S/C17H21N3O2S/c21-16(19-8-3-9-22-11-13-5-6-13)10-14-12-23-17(20-14)15-4-1-2-7-18-15/h1-2,4,7,12-13H,3,5-6,8-11H2,(H,19,21). The summed E-state index contributed by atoms with van der Waals surface area (Å²) in [5.74, 6) is 0.799. The molecule has 1 aliphatic rings. The number of rotatable bonds is 9. The number of hydrogen-bond acceptors (Lipinski definition) is 5. The summed E-state index contributed by atoms with van der Waals surface area (Å²) < 4.78 is 5.54. The smallest absolute Gasteiger partial charge is 0.226 e. The summed E-state index contributed by atoms with van der Waals surface area (Å²) in [4.78, 5) is 20.7. The Morgan fingerprint density at radius 3 is 3.09 bits per heavy atom. The van der Waals surface area contributed by atoms with Gasteiger partial charge in [-0.25, -0.2) is 4.98 Å². The number of aromatic nitrogens is 2. The molecule has 6 heteroatoms. The second-order valence-corrected chi connectivity index (χ2v) is 6.62. The molecule has 1 N–H and O–H groups in total. The van der Waals surface area contributed by atoms with Gasteiger partial charge >= 0.3 is 0 Å². The van der Waals surface area contributed by atoms with E-state index in [2.05, 4.69) is 15.3 Å². The van der Waals surface area contributed by atoms with E-state index in [1.54, 1.807) is 6.20 Å². The van der Waals surface area contributed by atoms with Gasteiger partial charge in [-0.3, -0.25) is 9.78 Å². The summed E-state index contributed by atoms with van der Waals surface area (Å²) >= 11 is 1.51. The second kappa shape index (κ2) is 8.17. The number of hydrogen-bond donors (Lipinski definition) is 1. The van der Waals surface area contributed by atoms with Crippen LogP contribution in [0.25, 0.3) is 10.7 Å². The molecule has 0 spiro atoms. The van der Waals surface area contributed by atoms with Crippen molar-refractivity contribution in [1.29, 1.82) is 0 Å². The Morgan fingerprint density at radius 2 is 2.30 bits per heavy atom. The van der Waals surface area contributed by atoms with Crippen molar-refractivity contribution < 1.29 is 9.53 Å². The minimum Gasteiger partial charge on any atom is -0.381 e. The first-order valence-corrected chi connectivity index (χ1v) is 8.89. The Kier molecular flexibility index (Phi) is 5.71. The topological polar surface area (TPSA) is 64.1 Å². The van der Waals surface area contributed by atoms with Crippen molar-refractivity contribution in [2.75, 3.05) is 19.8 Å². The number of amides is 1. The molecule has 0 radical (unpaired) electrons. The van der Waals surface area contributed by atoms with E-state index in [9.17, 15) is 4.79 Å². The molecular formula is C17H21N3O2S. The quantitative estimate of drug-likeness (QED) is 0.718. The van der Waals surface area contributed by atoms with Gasteiger partial charge in [-0.15, -0.1) is 11.3 Å². The third-order valence-corrected chi connectivity index (χ3v) is 4.53. The van der Waals surface area contributed by atoms with Gasteiger partial charge in [0.1, 0.15) is 5.01 Å². The molecular weight excluding hydrogens is 310 g/mol. The first-order valence-electron chi connectivity index (χ1n) is 8.01. The van der Waals surface area contributed by atoms with Crippen molar-refractivity contribution in [3.63, 3.8) is 0 Å². The fourth-order valence-corrected chi connectivity index (χ4v) is 2.95. The summed E-state index contributed by atoms with van der Waals surface area (Å²) in [7, 11) is 0. The van der Waals surface area contributed by atoms with E-state index < -0.39 is 0 Å². The Morgan fingerprint density at radius 1 is 1.39 bits per heavy atom. The maximum atomic E-state index is 11.9. The van der Waals surface area contributed by atoms with E-state index in [0.717, 1.165) is 41.9 Å². The van der Waals surface area contributed by atoms with Gasteiger partial charge in [-0.05, 0) is 37.3 Å². The van der Waals surface area contributed by atoms with Crippen LogP contribution >= 0.6 is 11.3 Å². The van der Waals surface area contributed by atoms with E-state index in [0.29, 0.717) is 13.0 Å². The molecule has 2 aromatic rings. The highest BCUT2D eigenvalue weighted by atomic mass is 32.1. The molecule has 1 aliphatic carbocycles. The van der Waals surface area contributed by atoms with Crippen LogP contribution in [0.4, 0.5) is 0 Å². The number of thiazole rings is 1. The summed E-state index contributed by atoms with van der Waals surface area (Å²) in [6, 6.07) is 5.73. The van der Waals surface area contributed by atoms with E-state index in [1.165, 1.54) is 24.2 Å². The van der Waals surface area contributed by atoms with Gasteiger partial charge in [0.25, 0.3) is 0 Å². The fourth-order valence-electron chi connectivity index (χ4n) is 2.16. The van der Waals surface area contributed by atoms with Crippen LogP contribution in [0, 0.1) is 5.92 Å². The average Bonchev–Trinajstić information content (AvgIpc) is 3.29. The molecule has 2 heterocycles. The maximum absolute atomic E-state index is 11.9. The van der Waals surface area contributed by atoms with E-state index >= 15 is 0 Å². The summed E-state index contributed by atoms with van der Waals surface area (Å²) in [6.45, 7) is 2.25. The molecule has 23 heavy (non-hydrogen) atoms. The first-order chi connectivity index (χ1) is 11.3. The average molecular weight is 331 g/mol. The third kappa shape index (κ3) is 5.41. The minimum absolute atomic E-state index is 0.00469. The van der Waals surface area contributed by atoms with Crippen LogP contribution in [0.2, 0.25) is 0 Å². The van der Waals surface area contributed by atoms with E-state index in [4.69, 9.17) is 4.74 Å². The number of carbonyl (C=O) groups is 1. The summed E-state index contributed by atoms with van der Waals surface area (Å²) in [6.07, 6.45) is 5.53. The largest absolute Gasteiger partial charge is 0.381 e. The Balaban J connectivity index is 1.35. The lowest BCUT2D eigenvalue weighted by molar-refractivity contribution is -0.120. The monoisotopic (exact) mass is 331 g/mol. The fraction of sp³-hybridized carbons (Fsp3) is 0.471. The van der Waals surface area contributed by atoms with Gasteiger partial charge in [0.05, 0.1) is 17.8 Å². The molecule has 3 rings (SSSR count). The van der Waals surface area contributed by atoms with E-state index in [-0.39, 0.29) is 5.91 Å². The Hall–Kier alpha value is -1.79. The lowest BCUT2D eigenvalue weighted by Crippen LogP contribution is -2.27. The Labute approximate surface area is 140 Å². The Bertz CT molecular complexity index is 626. The maximum Gasteiger partial charge on any atom is 0.226 e. The molecule has 2 aromatic heterocycles. The summed E-state index contributed by atoms with van der Waals surface area (Å²) in [5.41, 5.74) is 1.63. The van der Waals surface area contributed by atoms with Crippen LogP contribution in [-0.2, 0) is 16.0 Å². The van der Waals surface area contributed by atoms with Crippen molar-refractivity contribution in [3.05, 3.63) is 35.5 Å². The van der Waals surface area contributed by atoms with Gasteiger partial charge < -0.3 is 10.1 Å². The molecule has 5 nitrogen and oxygen atoms in total. The predicted molar refractivity (Wildman–Crippen MR) is 90.2 cm³/mol. The number of carbonyl (C=O) groups excluding carboxylic acids is 1. The van der Waals surface area contributed by atoms with Crippen LogP contribution in [-0.4, -0.2) is 35.6 Å². The number of ether oxygens (including phenoxy) is 1. The van der Waals surface area contributed by atoms with Crippen molar-refractivity contribution in [2.24, 2.45) is 5.92 Å². The van der Waals surface area contributed by atoms with Crippen molar-refractivity contribution >= 4 is 17.2 Å². The molecule has 1 amide bonds. The zero-order valence-corrected chi connectivity index (χ0v) is 13.8. The molecule has 0 saturated heterocycles. The minimum atomic E-state index is 0.00469. The SMILES string of the molecule is O=C(Cc1csc(-c2ccccn2)n1)NCCCOCC1CC1. The van der Waals surface area contributed by atoms with Gasteiger partial charge in [0, 0.05) is 31.3 Å². The van der Waals surface area contributed by atoms with Crippen LogP contribution in [0.1, 0.15) is 25.0 Å². The molecule has 0 unspecified atom stereocenters. The van der Waals surface area contributed by atoms with Crippen LogP contribution in [0.5, 0.6) is 0 Å².